The molecular weight excluding hydrogens is 382 g/mol. The molecule has 4 rings (SSSR count). The summed E-state index contributed by atoms with van der Waals surface area (Å²) in [6.07, 6.45) is 1.80. The van der Waals surface area contributed by atoms with Gasteiger partial charge in [0, 0.05) is 17.8 Å². The van der Waals surface area contributed by atoms with Crippen molar-refractivity contribution in [2.24, 2.45) is 0 Å². The van der Waals surface area contributed by atoms with Gasteiger partial charge in [-0.15, -0.1) is 5.10 Å². The first kappa shape index (κ1) is 19.4. The number of hydrogen-bond acceptors (Lipinski definition) is 7. The predicted molar refractivity (Wildman–Crippen MR) is 116 cm³/mol. The summed E-state index contributed by atoms with van der Waals surface area (Å²) in [7, 11) is 4.78. The number of rotatable bonds is 7. The van der Waals surface area contributed by atoms with Crippen LogP contribution in [0.3, 0.4) is 0 Å². The maximum atomic E-state index is 5.80. The van der Waals surface area contributed by atoms with Crippen LogP contribution in [-0.2, 0) is 6.54 Å². The van der Waals surface area contributed by atoms with E-state index in [0.717, 1.165) is 22.5 Å². The summed E-state index contributed by atoms with van der Waals surface area (Å²) in [6, 6.07) is 15.3. The van der Waals surface area contributed by atoms with Crippen LogP contribution in [-0.4, -0.2) is 35.9 Å². The van der Waals surface area contributed by atoms with Crippen LogP contribution in [0.5, 0.6) is 17.2 Å². The minimum atomic E-state index is 0.529. The molecule has 0 aliphatic heterocycles. The molecule has 0 fully saturated rings. The molecule has 0 radical (unpaired) electrons. The van der Waals surface area contributed by atoms with Gasteiger partial charge >= 0.3 is 0 Å². The molecule has 0 amide bonds. The number of nitrogen functional groups attached to an aromatic ring is 1. The maximum absolute atomic E-state index is 5.80. The first-order valence-corrected chi connectivity index (χ1v) is 9.36. The monoisotopic (exact) mass is 405 g/mol. The Kier molecular flexibility index (Phi) is 5.30. The van der Waals surface area contributed by atoms with E-state index in [1.54, 1.807) is 27.5 Å². The third-order valence-corrected chi connectivity index (χ3v) is 4.77. The topological polar surface area (TPSA) is 95.9 Å². The lowest BCUT2D eigenvalue weighted by atomic mass is 10.1. The van der Waals surface area contributed by atoms with Crippen molar-refractivity contribution in [3.8, 4) is 28.5 Å². The Morgan fingerprint density at radius 2 is 1.63 bits per heavy atom. The standard InChI is InChI=1S/C22H23N5O3/c1-28-18-10-14(11-19(29-2)22(18)30-3)12-24-20-8-9-21-25-13-17(27(21)26-20)15-4-6-16(23)7-5-15/h4-11,13H,12,23H2,1-3H3,(H,24,26). The minimum Gasteiger partial charge on any atom is -0.493 e. The summed E-state index contributed by atoms with van der Waals surface area (Å²) in [5.74, 6) is 2.50. The molecule has 154 valence electrons. The average Bonchev–Trinajstić information content (AvgIpc) is 3.20. The van der Waals surface area contributed by atoms with E-state index in [1.807, 2.05) is 53.0 Å². The molecule has 0 spiro atoms. The second-order valence-corrected chi connectivity index (χ2v) is 6.64. The Labute approximate surface area is 174 Å². The van der Waals surface area contributed by atoms with Gasteiger partial charge in [-0.2, -0.15) is 0 Å². The fraction of sp³-hybridized carbons (Fsp3) is 0.182. The summed E-state index contributed by atoms with van der Waals surface area (Å²) < 4.78 is 18.0. The van der Waals surface area contributed by atoms with Crippen LogP contribution in [0.25, 0.3) is 16.9 Å². The summed E-state index contributed by atoms with van der Waals surface area (Å²) in [5, 5.41) is 8.03. The van der Waals surface area contributed by atoms with Crippen molar-refractivity contribution in [3.05, 3.63) is 60.3 Å². The Hall–Kier alpha value is -3.94. The number of fused-ring (bicyclic) bond motifs is 1. The van der Waals surface area contributed by atoms with E-state index < -0.39 is 0 Å². The Bertz CT molecular complexity index is 1150. The number of methoxy groups -OCH3 is 3. The second kappa shape index (κ2) is 8.20. The third-order valence-electron chi connectivity index (χ3n) is 4.77. The van der Waals surface area contributed by atoms with E-state index in [1.165, 1.54) is 0 Å². The molecule has 2 aromatic carbocycles. The van der Waals surface area contributed by atoms with Crippen LogP contribution in [0.1, 0.15) is 5.56 Å². The molecule has 0 bridgehead atoms. The summed E-state index contributed by atoms with van der Waals surface area (Å²) >= 11 is 0. The first-order valence-electron chi connectivity index (χ1n) is 9.36. The fourth-order valence-corrected chi connectivity index (χ4v) is 3.25. The number of hydrogen-bond donors (Lipinski definition) is 2. The van der Waals surface area contributed by atoms with Crippen molar-refractivity contribution in [1.82, 2.24) is 14.6 Å². The Morgan fingerprint density at radius 1 is 0.933 bits per heavy atom. The lowest BCUT2D eigenvalue weighted by molar-refractivity contribution is 0.324. The highest BCUT2D eigenvalue weighted by molar-refractivity contribution is 5.65. The number of imidazole rings is 1. The largest absolute Gasteiger partial charge is 0.493 e. The van der Waals surface area contributed by atoms with Crippen molar-refractivity contribution in [1.29, 1.82) is 0 Å². The number of aromatic nitrogens is 3. The molecule has 0 saturated heterocycles. The zero-order valence-corrected chi connectivity index (χ0v) is 17.0. The minimum absolute atomic E-state index is 0.529. The zero-order chi connectivity index (χ0) is 21.1. The van der Waals surface area contributed by atoms with Gasteiger partial charge in [-0.1, -0.05) is 12.1 Å². The number of benzene rings is 2. The second-order valence-electron chi connectivity index (χ2n) is 6.64. The van der Waals surface area contributed by atoms with Crippen LogP contribution in [0.2, 0.25) is 0 Å². The number of anilines is 2. The first-order chi connectivity index (χ1) is 14.6. The molecule has 8 nitrogen and oxygen atoms in total. The highest BCUT2D eigenvalue weighted by Gasteiger charge is 2.13. The highest BCUT2D eigenvalue weighted by Crippen LogP contribution is 2.38. The van der Waals surface area contributed by atoms with Gasteiger partial charge in [0.15, 0.2) is 17.1 Å². The van der Waals surface area contributed by atoms with E-state index in [2.05, 4.69) is 10.3 Å². The summed E-state index contributed by atoms with van der Waals surface area (Å²) in [5.41, 5.74) is 10.1. The summed E-state index contributed by atoms with van der Waals surface area (Å²) in [6.45, 7) is 0.529. The van der Waals surface area contributed by atoms with E-state index in [-0.39, 0.29) is 0 Å². The molecule has 0 saturated carbocycles. The predicted octanol–water partition coefficient (Wildman–Crippen LogP) is 3.62. The van der Waals surface area contributed by atoms with Gasteiger partial charge in [0.05, 0.1) is 33.2 Å². The highest BCUT2D eigenvalue weighted by atomic mass is 16.5. The van der Waals surface area contributed by atoms with Crippen molar-refractivity contribution >= 4 is 17.2 Å². The SMILES string of the molecule is COc1cc(CNc2ccc3ncc(-c4ccc(N)cc4)n3n2)cc(OC)c1OC. The van der Waals surface area contributed by atoms with Crippen molar-refractivity contribution in [2.45, 2.75) is 6.54 Å². The van der Waals surface area contributed by atoms with E-state index >= 15 is 0 Å². The number of ether oxygens (including phenoxy) is 3. The van der Waals surface area contributed by atoms with Crippen molar-refractivity contribution in [3.63, 3.8) is 0 Å². The van der Waals surface area contributed by atoms with Crippen molar-refractivity contribution < 1.29 is 14.2 Å². The molecule has 8 heteroatoms. The van der Waals surface area contributed by atoms with Gasteiger partial charge in [0.1, 0.15) is 5.82 Å². The van der Waals surface area contributed by atoms with E-state index in [4.69, 9.17) is 25.0 Å². The molecule has 2 aromatic heterocycles. The van der Waals surface area contributed by atoms with Gasteiger partial charge in [0.25, 0.3) is 0 Å². The molecule has 0 atom stereocenters. The van der Waals surface area contributed by atoms with E-state index in [9.17, 15) is 0 Å². The zero-order valence-electron chi connectivity index (χ0n) is 17.0. The number of nitrogens with one attached hydrogen (secondary N) is 1. The van der Waals surface area contributed by atoms with Crippen molar-refractivity contribution in [2.75, 3.05) is 32.4 Å². The van der Waals surface area contributed by atoms with Gasteiger partial charge in [-0.3, -0.25) is 0 Å². The number of nitrogens with zero attached hydrogens (tertiary/aromatic N) is 3. The molecule has 0 aliphatic rings. The fourth-order valence-electron chi connectivity index (χ4n) is 3.25. The van der Waals surface area contributed by atoms with Gasteiger partial charge in [-0.05, 0) is 42.0 Å². The molecule has 30 heavy (non-hydrogen) atoms. The van der Waals surface area contributed by atoms with Crippen LogP contribution < -0.4 is 25.3 Å². The van der Waals surface area contributed by atoms with Crippen LogP contribution in [0.4, 0.5) is 11.5 Å². The summed E-state index contributed by atoms with van der Waals surface area (Å²) in [4.78, 5) is 4.44. The van der Waals surface area contributed by atoms with Crippen LogP contribution in [0.15, 0.2) is 54.7 Å². The van der Waals surface area contributed by atoms with Crippen LogP contribution >= 0.6 is 0 Å². The van der Waals surface area contributed by atoms with Gasteiger partial charge in [0.2, 0.25) is 5.75 Å². The normalized spacial score (nSPS) is 10.8. The molecule has 2 heterocycles. The quantitative estimate of drug-likeness (QED) is 0.453. The van der Waals surface area contributed by atoms with Gasteiger partial charge < -0.3 is 25.3 Å². The average molecular weight is 405 g/mol. The molecule has 0 aliphatic carbocycles. The molecular formula is C22H23N5O3. The third kappa shape index (κ3) is 3.67. The van der Waals surface area contributed by atoms with E-state index in [0.29, 0.717) is 35.3 Å². The molecule has 3 N–H and O–H groups in total. The molecule has 0 unspecified atom stereocenters. The van der Waals surface area contributed by atoms with Gasteiger partial charge in [-0.25, -0.2) is 9.50 Å². The maximum Gasteiger partial charge on any atom is 0.203 e. The Balaban J connectivity index is 1.60. The smallest absolute Gasteiger partial charge is 0.203 e. The lowest BCUT2D eigenvalue weighted by Crippen LogP contribution is -2.05. The lowest BCUT2D eigenvalue weighted by Gasteiger charge is -2.14. The molecule has 4 aromatic rings. The Morgan fingerprint density at radius 3 is 2.27 bits per heavy atom. The van der Waals surface area contributed by atoms with Crippen LogP contribution in [0, 0.1) is 0 Å². The number of nitrogens with two attached hydrogens (primary N) is 1.